The Morgan fingerprint density at radius 2 is 1.77 bits per heavy atom. The van der Waals surface area contributed by atoms with Crippen LogP contribution < -0.4 is 10.1 Å². The molecule has 0 aromatic heterocycles. The molecule has 0 fully saturated rings. The number of benzene rings is 2. The van der Waals surface area contributed by atoms with Gasteiger partial charge in [-0.2, -0.15) is 0 Å². The Morgan fingerprint density at radius 1 is 1.14 bits per heavy atom. The molecule has 0 aliphatic rings. The van der Waals surface area contributed by atoms with Crippen molar-refractivity contribution in [3.05, 3.63) is 58.3 Å². The largest absolute Gasteiger partial charge is 0.478 e. The van der Waals surface area contributed by atoms with E-state index in [1.807, 2.05) is 0 Å². The Kier molecular flexibility index (Phi) is 5.07. The van der Waals surface area contributed by atoms with E-state index in [-0.39, 0.29) is 5.75 Å². The maximum absolute atomic E-state index is 13.6. The smallest absolute Gasteiger partial charge is 0.265 e. The Bertz CT molecular complexity index is 689. The highest BCUT2D eigenvalue weighted by Gasteiger charge is 2.20. The third-order valence-corrected chi connectivity index (χ3v) is 3.27. The van der Waals surface area contributed by atoms with Gasteiger partial charge in [0, 0.05) is 4.47 Å². The number of rotatable bonds is 4. The van der Waals surface area contributed by atoms with Crippen LogP contribution in [0.1, 0.15) is 6.92 Å². The summed E-state index contributed by atoms with van der Waals surface area (Å²) in [4.78, 5) is 11.9. The van der Waals surface area contributed by atoms with E-state index < -0.39 is 35.2 Å². The predicted molar refractivity (Wildman–Crippen MR) is 79.2 cm³/mol. The fourth-order valence-electron chi connectivity index (χ4n) is 1.66. The molecule has 0 aliphatic carbocycles. The van der Waals surface area contributed by atoms with Crippen molar-refractivity contribution < 1.29 is 22.7 Å². The molecule has 1 amide bonds. The monoisotopic (exact) mass is 373 g/mol. The van der Waals surface area contributed by atoms with E-state index in [2.05, 4.69) is 21.2 Å². The van der Waals surface area contributed by atoms with Crippen LogP contribution >= 0.6 is 15.9 Å². The van der Waals surface area contributed by atoms with Crippen molar-refractivity contribution in [2.45, 2.75) is 13.0 Å². The van der Waals surface area contributed by atoms with Gasteiger partial charge in [0.2, 0.25) is 0 Å². The molecule has 2 rings (SSSR count). The summed E-state index contributed by atoms with van der Waals surface area (Å²) in [6.45, 7) is 1.34. The summed E-state index contributed by atoms with van der Waals surface area (Å²) in [6.07, 6.45) is -1.14. The zero-order chi connectivity index (χ0) is 16.3. The van der Waals surface area contributed by atoms with Gasteiger partial charge in [-0.25, -0.2) is 13.2 Å². The summed E-state index contributed by atoms with van der Waals surface area (Å²) in [5.41, 5.74) is -0.570. The van der Waals surface area contributed by atoms with Crippen molar-refractivity contribution in [1.29, 1.82) is 0 Å². The van der Waals surface area contributed by atoms with Crippen molar-refractivity contribution in [1.82, 2.24) is 0 Å². The molecule has 0 radical (unpaired) electrons. The van der Waals surface area contributed by atoms with Crippen molar-refractivity contribution >= 4 is 27.5 Å². The van der Waals surface area contributed by atoms with E-state index in [4.69, 9.17) is 4.74 Å². The number of hydrogen-bond donors (Lipinski definition) is 1. The summed E-state index contributed by atoms with van der Waals surface area (Å²) in [6, 6.07) is 7.26. The van der Waals surface area contributed by atoms with E-state index in [0.29, 0.717) is 4.47 Å². The van der Waals surface area contributed by atoms with Crippen LogP contribution in [0.15, 0.2) is 40.9 Å². The Balaban J connectivity index is 2.09. The van der Waals surface area contributed by atoms with E-state index >= 15 is 0 Å². The molecule has 3 nitrogen and oxygen atoms in total. The molecule has 0 spiro atoms. The second kappa shape index (κ2) is 6.83. The van der Waals surface area contributed by atoms with Crippen LogP contribution in [-0.2, 0) is 4.79 Å². The number of para-hydroxylation sites is 1. The van der Waals surface area contributed by atoms with Crippen LogP contribution in [0.2, 0.25) is 0 Å². The van der Waals surface area contributed by atoms with E-state index in [1.165, 1.54) is 25.1 Å². The van der Waals surface area contributed by atoms with Gasteiger partial charge in [-0.05, 0) is 37.3 Å². The molecule has 2 aromatic rings. The number of carbonyl (C=O) groups excluding carboxylic acids is 1. The number of halogens is 4. The molecule has 0 bridgehead atoms. The minimum absolute atomic E-state index is 0.139. The Hall–Kier alpha value is -2.02. The van der Waals surface area contributed by atoms with Crippen LogP contribution in [0, 0.1) is 17.5 Å². The molecule has 22 heavy (non-hydrogen) atoms. The predicted octanol–water partition coefficient (Wildman–Crippen LogP) is 4.27. The van der Waals surface area contributed by atoms with E-state index in [0.717, 1.165) is 12.1 Å². The summed E-state index contributed by atoms with van der Waals surface area (Å²) in [5, 5.41) is 2.08. The average molecular weight is 374 g/mol. The van der Waals surface area contributed by atoms with Crippen molar-refractivity contribution in [2.75, 3.05) is 5.32 Å². The van der Waals surface area contributed by atoms with Crippen LogP contribution in [0.3, 0.4) is 0 Å². The first-order valence-electron chi connectivity index (χ1n) is 6.25. The number of anilines is 1. The maximum atomic E-state index is 13.6. The molecule has 7 heteroatoms. The van der Waals surface area contributed by atoms with Gasteiger partial charge in [0.15, 0.2) is 17.7 Å². The van der Waals surface area contributed by atoms with Crippen molar-refractivity contribution in [2.24, 2.45) is 0 Å². The third kappa shape index (κ3) is 3.79. The minimum atomic E-state index is -1.14. The van der Waals surface area contributed by atoms with Crippen LogP contribution in [0.25, 0.3) is 0 Å². The van der Waals surface area contributed by atoms with Gasteiger partial charge >= 0.3 is 0 Å². The molecular formula is C15H11BrF3NO2. The topological polar surface area (TPSA) is 38.3 Å². The first-order valence-corrected chi connectivity index (χ1v) is 7.04. The first-order chi connectivity index (χ1) is 10.4. The molecule has 0 aliphatic heterocycles. The Labute approximate surface area is 133 Å². The molecule has 1 atom stereocenters. The molecule has 1 N–H and O–H groups in total. The number of nitrogens with one attached hydrogen (secondary N) is 1. The normalized spacial score (nSPS) is 11.9. The maximum Gasteiger partial charge on any atom is 0.265 e. The SMILES string of the molecule is C[C@@H](Oc1ccc(Br)cc1F)C(=O)Nc1c(F)cccc1F. The van der Waals surface area contributed by atoms with E-state index in [1.54, 1.807) is 6.07 Å². The second-order valence-electron chi connectivity index (χ2n) is 4.42. The van der Waals surface area contributed by atoms with E-state index in [9.17, 15) is 18.0 Å². The minimum Gasteiger partial charge on any atom is -0.478 e. The number of amides is 1. The highest BCUT2D eigenvalue weighted by Crippen LogP contribution is 2.23. The molecule has 116 valence electrons. The van der Waals surface area contributed by atoms with Crippen LogP contribution in [0.5, 0.6) is 5.75 Å². The van der Waals surface area contributed by atoms with Gasteiger partial charge in [0.05, 0.1) is 0 Å². The number of carbonyl (C=O) groups is 1. The lowest BCUT2D eigenvalue weighted by Gasteiger charge is -2.15. The first kappa shape index (κ1) is 16.4. The van der Waals surface area contributed by atoms with Gasteiger partial charge in [-0.15, -0.1) is 0 Å². The van der Waals surface area contributed by atoms with Crippen LogP contribution in [-0.4, -0.2) is 12.0 Å². The number of hydrogen-bond acceptors (Lipinski definition) is 2. The fraction of sp³-hybridized carbons (Fsp3) is 0.133. The van der Waals surface area contributed by atoms with Gasteiger partial charge in [0.25, 0.3) is 5.91 Å². The number of ether oxygens (including phenoxy) is 1. The van der Waals surface area contributed by atoms with Crippen molar-refractivity contribution in [3.8, 4) is 5.75 Å². The molecule has 0 unspecified atom stereocenters. The Morgan fingerprint density at radius 3 is 2.36 bits per heavy atom. The molecule has 2 aromatic carbocycles. The summed E-state index contributed by atoms with van der Waals surface area (Å²) >= 11 is 3.09. The van der Waals surface area contributed by atoms with Crippen molar-refractivity contribution in [3.63, 3.8) is 0 Å². The average Bonchev–Trinajstić information content (AvgIpc) is 2.45. The lowest BCUT2D eigenvalue weighted by Crippen LogP contribution is -2.31. The summed E-state index contributed by atoms with van der Waals surface area (Å²) in [5.74, 6) is -3.41. The fourth-order valence-corrected chi connectivity index (χ4v) is 1.99. The molecule has 0 saturated carbocycles. The van der Waals surface area contributed by atoms with Gasteiger partial charge in [0.1, 0.15) is 17.3 Å². The lowest BCUT2D eigenvalue weighted by molar-refractivity contribution is -0.122. The second-order valence-corrected chi connectivity index (χ2v) is 5.34. The quantitative estimate of drug-likeness (QED) is 0.868. The lowest BCUT2D eigenvalue weighted by atomic mass is 10.2. The highest BCUT2D eigenvalue weighted by atomic mass is 79.9. The summed E-state index contributed by atoms with van der Waals surface area (Å²) in [7, 11) is 0. The zero-order valence-electron chi connectivity index (χ0n) is 11.4. The molecular weight excluding hydrogens is 363 g/mol. The van der Waals surface area contributed by atoms with Gasteiger partial charge in [-0.3, -0.25) is 4.79 Å². The zero-order valence-corrected chi connectivity index (χ0v) is 13.0. The summed E-state index contributed by atoms with van der Waals surface area (Å²) < 4.78 is 46.2. The van der Waals surface area contributed by atoms with Crippen LogP contribution in [0.4, 0.5) is 18.9 Å². The molecule has 0 saturated heterocycles. The standard InChI is InChI=1S/C15H11BrF3NO2/c1-8(22-13-6-5-9(16)7-12(13)19)15(21)20-14-10(17)3-2-4-11(14)18/h2-8H,1H3,(H,20,21)/t8-/m1/s1. The van der Waals surface area contributed by atoms with Gasteiger partial charge < -0.3 is 10.1 Å². The molecule has 0 heterocycles. The highest BCUT2D eigenvalue weighted by molar-refractivity contribution is 9.10. The third-order valence-electron chi connectivity index (χ3n) is 2.78. The van der Waals surface area contributed by atoms with Gasteiger partial charge in [-0.1, -0.05) is 22.0 Å².